The zero-order chi connectivity index (χ0) is 19.8. The van der Waals surface area contributed by atoms with Crippen molar-refractivity contribution >= 4 is 23.5 Å². The van der Waals surface area contributed by atoms with Crippen LogP contribution in [0.15, 0.2) is 48.5 Å². The van der Waals surface area contributed by atoms with Crippen molar-refractivity contribution < 1.29 is 23.5 Å². The number of hydrogen-bond acceptors (Lipinski definition) is 4. The molecule has 7 heteroatoms. The van der Waals surface area contributed by atoms with Crippen molar-refractivity contribution in [2.45, 2.75) is 13.8 Å². The summed E-state index contributed by atoms with van der Waals surface area (Å²) in [4.78, 5) is 37.4. The van der Waals surface area contributed by atoms with Gasteiger partial charge in [-0.15, -0.1) is 0 Å². The number of nitrogens with one attached hydrogen (secondary N) is 1. The van der Waals surface area contributed by atoms with E-state index in [2.05, 4.69) is 5.32 Å². The van der Waals surface area contributed by atoms with Gasteiger partial charge in [-0.2, -0.15) is 0 Å². The molecule has 2 aromatic carbocycles. The zero-order valence-corrected chi connectivity index (χ0v) is 15.2. The molecule has 2 rings (SSSR count). The number of nitrogens with zero attached hydrogens (tertiary/aromatic N) is 1. The maximum Gasteiger partial charge on any atom is 0.325 e. The Morgan fingerprint density at radius 1 is 1.11 bits per heavy atom. The Morgan fingerprint density at radius 3 is 2.44 bits per heavy atom. The lowest BCUT2D eigenvalue weighted by molar-refractivity contribution is -0.146. The van der Waals surface area contributed by atoms with Gasteiger partial charge in [-0.1, -0.05) is 17.7 Å². The fourth-order valence-corrected chi connectivity index (χ4v) is 2.44. The lowest BCUT2D eigenvalue weighted by Crippen LogP contribution is -2.36. The molecule has 0 saturated carbocycles. The van der Waals surface area contributed by atoms with Crippen LogP contribution in [0.4, 0.5) is 10.1 Å². The Hall–Kier alpha value is -3.22. The maximum atomic E-state index is 13.0. The average molecular weight is 372 g/mol. The van der Waals surface area contributed by atoms with Crippen LogP contribution in [0.1, 0.15) is 22.8 Å². The summed E-state index contributed by atoms with van der Waals surface area (Å²) in [5.41, 5.74) is 1.87. The van der Waals surface area contributed by atoms with Gasteiger partial charge in [0.15, 0.2) is 6.61 Å². The van der Waals surface area contributed by atoms with Crippen LogP contribution in [0.3, 0.4) is 0 Å². The van der Waals surface area contributed by atoms with Crippen molar-refractivity contribution in [1.82, 2.24) is 5.32 Å². The van der Waals surface area contributed by atoms with Crippen LogP contribution < -0.4 is 10.2 Å². The molecule has 0 atom stereocenters. The third-order valence-corrected chi connectivity index (χ3v) is 3.79. The van der Waals surface area contributed by atoms with Crippen molar-refractivity contribution in [3.63, 3.8) is 0 Å². The second-order valence-electron chi connectivity index (χ2n) is 5.83. The van der Waals surface area contributed by atoms with Crippen LogP contribution in [0, 0.1) is 12.7 Å². The van der Waals surface area contributed by atoms with Gasteiger partial charge < -0.3 is 15.0 Å². The molecule has 6 nitrogen and oxygen atoms in total. The Labute approximate surface area is 156 Å². The van der Waals surface area contributed by atoms with Gasteiger partial charge in [-0.3, -0.25) is 14.4 Å². The van der Waals surface area contributed by atoms with Gasteiger partial charge in [0.2, 0.25) is 0 Å². The summed E-state index contributed by atoms with van der Waals surface area (Å²) in [7, 11) is 0. The van der Waals surface area contributed by atoms with Gasteiger partial charge >= 0.3 is 5.97 Å². The minimum atomic E-state index is -0.723. The van der Waals surface area contributed by atoms with Gasteiger partial charge in [0.25, 0.3) is 11.8 Å². The van der Waals surface area contributed by atoms with Gasteiger partial charge in [0.1, 0.15) is 12.4 Å². The summed E-state index contributed by atoms with van der Waals surface area (Å²) in [6.07, 6.45) is 0. The van der Waals surface area contributed by atoms with Crippen LogP contribution in [0.5, 0.6) is 0 Å². The topological polar surface area (TPSA) is 75.7 Å². The van der Waals surface area contributed by atoms with Crippen molar-refractivity contribution in [3.05, 3.63) is 65.5 Å². The predicted octanol–water partition coefficient (Wildman–Crippen LogP) is 2.46. The number of carbonyl (C=O) groups excluding carboxylic acids is 3. The second kappa shape index (κ2) is 9.47. The first kappa shape index (κ1) is 20.1. The molecule has 0 aromatic heterocycles. The fraction of sp³-hybridized carbons (Fsp3) is 0.250. The highest BCUT2D eigenvalue weighted by atomic mass is 19.1. The van der Waals surface area contributed by atoms with Gasteiger partial charge in [-0.25, -0.2) is 4.39 Å². The SMILES string of the molecule is CCN(C(=O)COC(=O)CNC(=O)c1cccc(C)c1)c1ccc(F)cc1. The van der Waals surface area contributed by atoms with Gasteiger partial charge in [-0.05, 0) is 50.2 Å². The van der Waals surface area contributed by atoms with E-state index in [1.807, 2.05) is 13.0 Å². The molecule has 2 amide bonds. The summed E-state index contributed by atoms with van der Waals surface area (Å²) >= 11 is 0. The standard InChI is InChI=1S/C20H21FN2O4/c1-3-23(17-9-7-16(21)8-10-17)18(24)13-27-19(25)12-22-20(26)15-6-4-5-14(2)11-15/h4-11H,3,12-13H2,1-2H3,(H,22,26). The molecule has 0 radical (unpaired) electrons. The summed E-state index contributed by atoms with van der Waals surface area (Å²) in [6, 6.07) is 12.4. The molecule has 142 valence electrons. The number of aryl methyl sites for hydroxylation is 1. The van der Waals surface area contributed by atoms with Crippen LogP contribution in [-0.2, 0) is 14.3 Å². The van der Waals surface area contributed by atoms with E-state index in [0.29, 0.717) is 17.8 Å². The number of rotatable bonds is 7. The van der Waals surface area contributed by atoms with Gasteiger partial charge in [0, 0.05) is 17.8 Å². The molecular weight excluding hydrogens is 351 g/mol. The molecule has 0 aliphatic heterocycles. The number of esters is 1. The molecule has 0 bridgehead atoms. The number of likely N-dealkylation sites (N-methyl/N-ethyl adjacent to an activating group) is 1. The molecule has 27 heavy (non-hydrogen) atoms. The first-order valence-corrected chi connectivity index (χ1v) is 8.47. The average Bonchev–Trinajstić information content (AvgIpc) is 2.66. The summed E-state index contributed by atoms with van der Waals surface area (Å²) < 4.78 is 17.9. The molecule has 0 heterocycles. The van der Waals surface area contributed by atoms with E-state index in [1.165, 1.54) is 29.2 Å². The van der Waals surface area contributed by atoms with E-state index in [1.54, 1.807) is 25.1 Å². The van der Waals surface area contributed by atoms with Crippen molar-refractivity contribution in [3.8, 4) is 0 Å². The van der Waals surface area contributed by atoms with E-state index >= 15 is 0 Å². The molecule has 1 N–H and O–H groups in total. The highest BCUT2D eigenvalue weighted by Crippen LogP contribution is 2.14. The highest BCUT2D eigenvalue weighted by molar-refractivity contribution is 5.97. The molecule has 2 aromatic rings. The quantitative estimate of drug-likeness (QED) is 0.758. The van der Waals surface area contributed by atoms with E-state index in [9.17, 15) is 18.8 Å². The Balaban J connectivity index is 1.82. The maximum absolute atomic E-state index is 13.0. The second-order valence-corrected chi connectivity index (χ2v) is 5.83. The number of halogens is 1. The zero-order valence-electron chi connectivity index (χ0n) is 15.2. The Kier molecular flexibility index (Phi) is 7.05. The van der Waals surface area contributed by atoms with E-state index in [-0.39, 0.29) is 6.54 Å². The monoisotopic (exact) mass is 372 g/mol. The van der Waals surface area contributed by atoms with E-state index < -0.39 is 30.2 Å². The van der Waals surface area contributed by atoms with Crippen molar-refractivity contribution in [1.29, 1.82) is 0 Å². The normalized spacial score (nSPS) is 10.2. The number of ether oxygens (including phenoxy) is 1. The molecular formula is C20H21FN2O4. The molecule has 0 unspecified atom stereocenters. The number of carbonyl (C=O) groups is 3. The van der Waals surface area contributed by atoms with Gasteiger partial charge in [0.05, 0.1) is 0 Å². The lowest BCUT2D eigenvalue weighted by atomic mass is 10.1. The highest BCUT2D eigenvalue weighted by Gasteiger charge is 2.16. The third-order valence-electron chi connectivity index (χ3n) is 3.79. The Bertz CT molecular complexity index is 821. The van der Waals surface area contributed by atoms with Crippen LogP contribution >= 0.6 is 0 Å². The smallest absolute Gasteiger partial charge is 0.325 e. The minimum Gasteiger partial charge on any atom is -0.454 e. The molecule has 0 aliphatic rings. The summed E-state index contributed by atoms with van der Waals surface area (Å²) in [5, 5.41) is 2.45. The number of amides is 2. The van der Waals surface area contributed by atoms with Crippen LogP contribution in [0.25, 0.3) is 0 Å². The largest absolute Gasteiger partial charge is 0.454 e. The van der Waals surface area contributed by atoms with Crippen molar-refractivity contribution in [2.75, 3.05) is 24.6 Å². The summed E-state index contributed by atoms with van der Waals surface area (Å²) in [5.74, 6) is -1.97. The van der Waals surface area contributed by atoms with Crippen LogP contribution in [-0.4, -0.2) is 37.5 Å². The minimum absolute atomic E-state index is 0.339. The number of hydrogen-bond donors (Lipinski definition) is 1. The van der Waals surface area contributed by atoms with Crippen molar-refractivity contribution in [2.24, 2.45) is 0 Å². The van der Waals surface area contributed by atoms with E-state index in [4.69, 9.17) is 4.74 Å². The number of anilines is 1. The molecule has 0 spiro atoms. The van der Waals surface area contributed by atoms with E-state index in [0.717, 1.165) is 5.56 Å². The molecule has 0 fully saturated rings. The first-order valence-electron chi connectivity index (χ1n) is 8.47. The molecule has 0 saturated heterocycles. The fourth-order valence-electron chi connectivity index (χ4n) is 2.44. The number of benzene rings is 2. The Morgan fingerprint density at radius 2 is 1.81 bits per heavy atom. The third kappa shape index (κ3) is 5.91. The predicted molar refractivity (Wildman–Crippen MR) is 98.9 cm³/mol. The lowest BCUT2D eigenvalue weighted by Gasteiger charge is -2.20. The molecule has 0 aliphatic carbocycles. The summed E-state index contributed by atoms with van der Waals surface area (Å²) in [6.45, 7) is 3.14. The first-order chi connectivity index (χ1) is 12.9. The van der Waals surface area contributed by atoms with Crippen LogP contribution in [0.2, 0.25) is 0 Å².